The summed E-state index contributed by atoms with van der Waals surface area (Å²) in [7, 11) is 3.05. The first-order valence-electron chi connectivity index (χ1n) is 11.8. The van der Waals surface area contributed by atoms with Gasteiger partial charge in [0.1, 0.15) is 19.0 Å². The minimum Gasteiger partial charge on any atom is -0.493 e. The molecule has 0 saturated carbocycles. The van der Waals surface area contributed by atoms with Crippen molar-refractivity contribution < 1.29 is 28.1 Å². The monoisotopic (exact) mass is 514 g/mol. The molecule has 4 aromatic carbocycles. The summed E-state index contributed by atoms with van der Waals surface area (Å²) in [6.07, 6.45) is 1.50. The zero-order valence-corrected chi connectivity index (χ0v) is 21.0. The number of halogens is 1. The fourth-order valence-electron chi connectivity index (χ4n) is 3.52. The van der Waals surface area contributed by atoms with E-state index >= 15 is 0 Å². The zero-order valence-electron chi connectivity index (χ0n) is 21.0. The molecule has 4 rings (SSSR count). The van der Waals surface area contributed by atoms with Gasteiger partial charge in [-0.05, 0) is 65.2 Å². The highest BCUT2D eigenvalue weighted by molar-refractivity contribution is 5.95. The molecule has 4 aromatic rings. The first kappa shape index (κ1) is 26.2. The van der Waals surface area contributed by atoms with Crippen molar-refractivity contribution >= 4 is 12.1 Å². The van der Waals surface area contributed by atoms with E-state index in [2.05, 4.69) is 10.5 Å². The molecule has 0 aromatic heterocycles. The van der Waals surface area contributed by atoms with Crippen molar-refractivity contribution in [3.05, 3.63) is 119 Å². The molecule has 0 heterocycles. The van der Waals surface area contributed by atoms with Gasteiger partial charge >= 0.3 is 0 Å². The van der Waals surface area contributed by atoms with Crippen LogP contribution in [0.5, 0.6) is 23.0 Å². The fourth-order valence-corrected chi connectivity index (χ4v) is 3.52. The highest BCUT2D eigenvalue weighted by atomic mass is 19.1. The van der Waals surface area contributed by atoms with Crippen LogP contribution >= 0.6 is 0 Å². The number of carbonyl (C=O) groups excluding carboxylic acids is 1. The maximum Gasteiger partial charge on any atom is 0.271 e. The normalized spacial score (nSPS) is 10.7. The number of nitrogens with zero attached hydrogens (tertiary/aromatic N) is 1. The number of methoxy groups -OCH3 is 2. The second-order valence-electron chi connectivity index (χ2n) is 8.16. The van der Waals surface area contributed by atoms with Gasteiger partial charge in [0.15, 0.2) is 23.0 Å². The molecule has 0 aliphatic carbocycles. The Morgan fingerprint density at radius 3 is 2.03 bits per heavy atom. The van der Waals surface area contributed by atoms with Gasteiger partial charge in [0, 0.05) is 5.56 Å². The lowest BCUT2D eigenvalue weighted by molar-refractivity contribution is 0.0954. The van der Waals surface area contributed by atoms with Crippen LogP contribution in [0.3, 0.4) is 0 Å². The predicted molar refractivity (Wildman–Crippen MR) is 143 cm³/mol. The van der Waals surface area contributed by atoms with Crippen LogP contribution in [-0.2, 0) is 13.2 Å². The van der Waals surface area contributed by atoms with Gasteiger partial charge in [-0.15, -0.1) is 0 Å². The molecule has 1 amide bonds. The predicted octanol–water partition coefficient (Wildman–Crippen LogP) is 5.76. The SMILES string of the molecule is COc1cc(/C=N/NC(=O)c2ccc(OCc3ccccc3)c(OC)c2)ccc1OCc1ccc(F)cc1. The third-order valence-electron chi connectivity index (χ3n) is 5.54. The van der Waals surface area contributed by atoms with Crippen molar-refractivity contribution in [1.82, 2.24) is 5.43 Å². The van der Waals surface area contributed by atoms with Gasteiger partial charge in [-0.25, -0.2) is 9.82 Å². The molecule has 7 nitrogen and oxygen atoms in total. The van der Waals surface area contributed by atoms with Gasteiger partial charge in [0.05, 0.1) is 20.4 Å². The quantitative estimate of drug-likeness (QED) is 0.203. The minimum atomic E-state index is -0.402. The van der Waals surface area contributed by atoms with Gasteiger partial charge in [0.2, 0.25) is 0 Å². The molecule has 0 saturated heterocycles. The molecule has 0 aliphatic rings. The second-order valence-corrected chi connectivity index (χ2v) is 8.16. The maximum atomic E-state index is 13.1. The molecule has 0 aliphatic heterocycles. The fraction of sp³-hybridized carbons (Fsp3) is 0.133. The van der Waals surface area contributed by atoms with E-state index in [9.17, 15) is 9.18 Å². The Balaban J connectivity index is 1.35. The lowest BCUT2D eigenvalue weighted by atomic mass is 10.2. The van der Waals surface area contributed by atoms with Gasteiger partial charge in [-0.1, -0.05) is 42.5 Å². The molecule has 8 heteroatoms. The van der Waals surface area contributed by atoms with Gasteiger partial charge in [-0.3, -0.25) is 4.79 Å². The Hall–Kier alpha value is -4.85. The van der Waals surface area contributed by atoms with Crippen LogP contribution in [0.4, 0.5) is 4.39 Å². The number of benzene rings is 4. The summed E-state index contributed by atoms with van der Waals surface area (Å²) in [4.78, 5) is 12.6. The molecule has 194 valence electrons. The number of hydrazone groups is 1. The van der Waals surface area contributed by atoms with E-state index < -0.39 is 5.91 Å². The van der Waals surface area contributed by atoms with Crippen molar-refractivity contribution in [3.63, 3.8) is 0 Å². The first-order chi connectivity index (χ1) is 18.6. The molecule has 0 atom stereocenters. The van der Waals surface area contributed by atoms with Crippen LogP contribution < -0.4 is 24.4 Å². The summed E-state index contributed by atoms with van der Waals surface area (Å²) in [6.45, 7) is 0.645. The molecule has 0 bridgehead atoms. The van der Waals surface area contributed by atoms with Crippen LogP contribution in [0, 0.1) is 5.82 Å². The van der Waals surface area contributed by atoms with Gasteiger partial charge < -0.3 is 18.9 Å². The van der Waals surface area contributed by atoms with Crippen molar-refractivity contribution in [2.45, 2.75) is 13.2 Å². The van der Waals surface area contributed by atoms with E-state index in [0.29, 0.717) is 40.7 Å². The lowest BCUT2D eigenvalue weighted by Gasteiger charge is -2.12. The van der Waals surface area contributed by atoms with E-state index in [1.54, 1.807) is 48.5 Å². The van der Waals surface area contributed by atoms with Crippen molar-refractivity contribution in [3.8, 4) is 23.0 Å². The summed E-state index contributed by atoms with van der Waals surface area (Å²) in [5.41, 5.74) is 5.42. The molecular weight excluding hydrogens is 487 g/mol. The second kappa shape index (κ2) is 12.9. The number of nitrogens with one attached hydrogen (secondary N) is 1. The average Bonchev–Trinajstić information content (AvgIpc) is 2.96. The average molecular weight is 515 g/mol. The van der Waals surface area contributed by atoms with E-state index in [1.807, 2.05) is 30.3 Å². The largest absolute Gasteiger partial charge is 0.493 e. The highest BCUT2D eigenvalue weighted by Crippen LogP contribution is 2.30. The molecule has 0 fully saturated rings. The number of hydrogen-bond donors (Lipinski definition) is 1. The summed E-state index contributed by atoms with van der Waals surface area (Å²) >= 11 is 0. The Morgan fingerprint density at radius 1 is 0.763 bits per heavy atom. The zero-order chi connectivity index (χ0) is 26.7. The van der Waals surface area contributed by atoms with E-state index in [1.165, 1.54) is 32.6 Å². The van der Waals surface area contributed by atoms with E-state index in [-0.39, 0.29) is 12.4 Å². The van der Waals surface area contributed by atoms with Crippen LogP contribution in [0.1, 0.15) is 27.0 Å². The highest BCUT2D eigenvalue weighted by Gasteiger charge is 2.11. The maximum absolute atomic E-state index is 13.1. The van der Waals surface area contributed by atoms with Crippen LogP contribution in [-0.4, -0.2) is 26.3 Å². The Bertz CT molecular complexity index is 1390. The smallest absolute Gasteiger partial charge is 0.271 e. The minimum absolute atomic E-state index is 0.264. The van der Waals surface area contributed by atoms with E-state index in [4.69, 9.17) is 18.9 Å². The summed E-state index contributed by atoms with van der Waals surface area (Å²) in [5, 5.41) is 4.05. The topological polar surface area (TPSA) is 78.4 Å². The number of ether oxygens (including phenoxy) is 4. The summed E-state index contributed by atoms with van der Waals surface area (Å²) < 4.78 is 35.5. The number of amides is 1. The van der Waals surface area contributed by atoms with Crippen molar-refractivity contribution in [2.75, 3.05) is 14.2 Å². The third kappa shape index (κ3) is 7.10. The van der Waals surface area contributed by atoms with Gasteiger partial charge in [0.25, 0.3) is 5.91 Å². The van der Waals surface area contributed by atoms with Crippen molar-refractivity contribution in [2.24, 2.45) is 5.10 Å². The van der Waals surface area contributed by atoms with E-state index in [0.717, 1.165) is 11.1 Å². The van der Waals surface area contributed by atoms with Crippen LogP contribution in [0.25, 0.3) is 0 Å². The number of carbonyl (C=O) groups is 1. The Labute approximate surface area is 220 Å². The van der Waals surface area contributed by atoms with Crippen LogP contribution in [0.15, 0.2) is 96.1 Å². The third-order valence-corrected chi connectivity index (χ3v) is 5.54. The molecule has 0 radical (unpaired) electrons. The van der Waals surface area contributed by atoms with Crippen LogP contribution in [0.2, 0.25) is 0 Å². The number of rotatable bonds is 11. The lowest BCUT2D eigenvalue weighted by Crippen LogP contribution is -2.17. The Kier molecular flexibility index (Phi) is 8.91. The summed E-state index contributed by atoms with van der Waals surface area (Å²) in [5.74, 6) is 1.30. The number of hydrogen-bond acceptors (Lipinski definition) is 6. The molecule has 1 N–H and O–H groups in total. The molecule has 0 unspecified atom stereocenters. The van der Waals surface area contributed by atoms with Gasteiger partial charge in [-0.2, -0.15) is 5.10 Å². The Morgan fingerprint density at radius 2 is 1.37 bits per heavy atom. The first-order valence-corrected chi connectivity index (χ1v) is 11.8. The molecular formula is C30H27FN2O5. The molecule has 38 heavy (non-hydrogen) atoms. The van der Waals surface area contributed by atoms with Crippen molar-refractivity contribution in [1.29, 1.82) is 0 Å². The molecule has 0 spiro atoms. The summed E-state index contributed by atoms with van der Waals surface area (Å²) in [6, 6.07) is 26.0. The standard InChI is InChI=1S/C30H27FN2O5/c1-35-28-16-23(10-14-26(28)38-20-22-8-12-25(31)13-9-22)18-32-33-30(34)24-11-15-27(29(17-24)36-2)37-19-21-6-4-3-5-7-21/h3-18H,19-20H2,1-2H3,(H,33,34)/b32-18+.